The van der Waals surface area contributed by atoms with Gasteiger partial charge in [0.1, 0.15) is 11.3 Å². The molecule has 0 radical (unpaired) electrons. The molecule has 0 saturated heterocycles. The van der Waals surface area contributed by atoms with Gasteiger partial charge in [-0.05, 0) is 42.7 Å². The number of nitrogens with zero attached hydrogens (tertiary/aromatic N) is 1. The Morgan fingerprint density at radius 1 is 1.04 bits per heavy atom. The van der Waals surface area contributed by atoms with E-state index in [2.05, 4.69) is 22.4 Å². The summed E-state index contributed by atoms with van der Waals surface area (Å²) in [5.41, 5.74) is 2.19. The lowest BCUT2D eigenvalue weighted by molar-refractivity contribution is -0.121. The molecule has 1 heterocycles. The number of carbonyl (C=O) groups is 1. The van der Waals surface area contributed by atoms with Crippen molar-refractivity contribution in [3.8, 4) is 5.75 Å². The van der Waals surface area contributed by atoms with E-state index in [-0.39, 0.29) is 5.91 Å². The zero-order valence-corrected chi connectivity index (χ0v) is 14.9. The fourth-order valence-corrected chi connectivity index (χ4v) is 4.04. The van der Waals surface area contributed by atoms with Gasteiger partial charge in [0.2, 0.25) is 5.91 Å². The zero-order valence-electron chi connectivity index (χ0n) is 14.9. The third-order valence-electron chi connectivity index (χ3n) is 5.42. The van der Waals surface area contributed by atoms with Crippen molar-refractivity contribution in [1.82, 2.24) is 4.98 Å². The van der Waals surface area contributed by atoms with Gasteiger partial charge in [-0.3, -0.25) is 9.78 Å². The Kier molecular flexibility index (Phi) is 4.33. The van der Waals surface area contributed by atoms with Gasteiger partial charge in [0.05, 0.1) is 18.2 Å². The number of rotatable bonds is 4. The third-order valence-corrected chi connectivity index (χ3v) is 5.42. The van der Waals surface area contributed by atoms with Crippen LogP contribution in [0.1, 0.15) is 31.2 Å². The minimum Gasteiger partial charge on any atom is -0.494 e. The lowest BCUT2D eigenvalue weighted by Crippen LogP contribution is -2.38. The Labute approximate surface area is 153 Å². The highest BCUT2D eigenvalue weighted by atomic mass is 16.5. The Balaban J connectivity index is 1.73. The van der Waals surface area contributed by atoms with Crippen molar-refractivity contribution < 1.29 is 9.53 Å². The summed E-state index contributed by atoms with van der Waals surface area (Å²) >= 11 is 0. The van der Waals surface area contributed by atoms with Crippen LogP contribution in [0, 0.1) is 0 Å². The molecule has 0 atom stereocenters. The van der Waals surface area contributed by atoms with E-state index in [1.54, 1.807) is 13.3 Å². The van der Waals surface area contributed by atoms with Gasteiger partial charge >= 0.3 is 0 Å². The molecule has 0 spiro atoms. The molecular formula is C22H22N2O2. The van der Waals surface area contributed by atoms with E-state index in [1.165, 1.54) is 0 Å². The molecule has 132 valence electrons. The topological polar surface area (TPSA) is 51.2 Å². The molecule has 1 aromatic heterocycles. The largest absolute Gasteiger partial charge is 0.494 e. The van der Waals surface area contributed by atoms with Crippen LogP contribution in [0.15, 0.2) is 60.8 Å². The van der Waals surface area contributed by atoms with Crippen LogP contribution < -0.4 is 10.1 Å². The number of aromatic nitrogens is 1. The standard InChI is InChI=1S/C22H22N2O2/c1-26-19-12-11-18(17-10-7-15-23-20(17)19)24-21(25)22(13-5-6-14-22)16-8-3-2-4-9-16/h2-4,7-12,15H,5-6,13-14H2,1H3,(H,24,25). The number of fused-ring (bicyclic) bond motifs is 1. The average molecular weight is 346 g/mol. The quantitative estimate of drug-likeness (QED) is 0.745. The third kappa shape index (κ3) is 2.71. The molecule has 1 amide bonds. The van der Waals surface area contributed by atoms with Crippen molar-refractivity contribution in [2.45, 2.75) is 31.1 Å². The van der Waals surface area contributed by atoms with Crippen LogP contribution in [0.2, 0.25) is 0 Å². The monoisotopic (exact) mass is 346 g/mol. The van der Waals surface area contributed by atoms with E-state index in [0.29, 0.717) is 5.75 Å². The molecule has 4 heteroatoms. The molecular weight excluding hydrogens is 324 g/mol. The van der Waals surface area contributed by atoms with Crippen molar-refractivity contribution in [2.75, 3.05) is 12.4 Å². The number of methoxy groups -OCH3 is 1. The first-order chi connectivity index (χ1) is 12.7. The first-order valence-electron chi connectivity index (χ1n) is 9.03. The van der Waals surface area contributed by atoms with Gasteiger partial charge in [0.25, 0.3) is 0 Å². The summed E-state index contributed by atoms with van der Waals surface area (Å²) in [5.74, 6) is 0.772. The molecule has 1 aliphatic carbocycles. The summed E-state index contributed by atoms with van der Waals surface area (Å²) in [6, 6.07) is 17.7. The van der Waals surface area contributed by atoms with Crippen molar-refractivity contribution in [2.24, 2.45) is 0 Å². The Bertz CT molecular complexity index is 931. The lowest BCUT2D eigenvalue weighted by Gasteiger charge is -2.28. The Morgan fingerprint density at radius 2 is 1.81 bits per heavy atom. The number of ether oxygens (including phenoxy) is 1. The second-order valence-corrected chi connectivity index (χ2v) is 6.82. The van der Waals surface area contributed by atoms with Crippen LogP contribution in [-0.2, 0) is 10.2 Å². The van der Waals surface area contributed by atoms with Crippen LogP contribution in [0.4, 0.5) is 5.69 Å². The van der Waals surface area contributed by atoms with E-state index < -0.39 is 5.41 Å². The predicted molar refractivity (Wildman–Crippen MR) is 104 cm³/mol. The van der Waals surface area contributed by atoms with Gasteiger partial charge in [0, 0.05) is 11.6 Å². The number of benzene rings is 2. The zero-order chi connectivity index (χ0) is 18.0. The van der Waals surface area contributed by atoms with Crippen LogP contribution >= 0.6 is 0 Å². The van der Waals surface area contributed by atoms with E-state index in [1.807, 2.05) is 42.5 Å². The number of hydrogen-bond donors (Lipinski definition) is 1. The Morgan fingerprint density at radius 3 is 2.54 bits per heavy atom. The summed E-state index contributed by atoms with van der Waals surface area (Å²) in [4.78, 5) is 17.8. The van der Waals surface area contributed by atoms with Crippen molar-refractivity contribution in [3.63, 3.8) is 0 Å². The van der Waals surface area contributed by atoms with Crippen molar-refractivity contribution in [3.05, 3.63) is 66.4 Å². The molecule has 1 fully saturated rings. The SMILES string of the molecule is COc1ccc(NC(=O)C2(c3ccccc3)CCCC2)c2cccnc12. The average Bonchev–Trinajstić information content (AvgIpc) is 3.20. The molecule has 4 nitrogen and oxygen atoms in total. The van der Waals surface area contributed by atoms with Gasteiger partial charge in [0.15, 0.2) is 0 Å². The van der Waals surface area contributed by atoms with E-state index in [0.717, 1.165) is 47.8 Å². The molecule has 1 N–H and O–H groups in total. The van der Waals surface area contributed by atoms with E-state index in [9.17, 15) is 4.79 Å². The fraction of sp³-hybridized carbons (Fsp3) is 0.273. The van der Waals surface area contributed by atoms with Crippen LogP contribution in [-0.4, -0.2) is 18.0 Å². The molecule has 1 aliphatic rings. The second kappa shape index (κ2) is 6.79. The number of pyridine rings is 1. The van der Waals surface area contributed by atoms with Gasteiger partial charge in [-0.1, -0.05) is 43.2 Å². The summed E-state index contributed by atoms with van der Waals surface area (Å²) in [6.45, 7) is 0. The first kappa shape index (κ1) is 16.6. The Hall–Kier alpha value is -2.88. The number of anilines is 1. The highest BCUT2D eigenvalue weighted by molar-refractivity contribution is 6.06. The van der Waals surface area contributed by atoms with Gasteiger partial charge < -0.3 is 10.1 Å². The second-order valence-electron chi connectivity index (χ2n) is 6.82. The van der Waals surface area contributed by atoms with Gasteiger partial charge in [-0.2, -0.15) is 0 Å². The van der Waals surface area contributed by atoms with Gasteiger partial charge in [-0.15, -0.1) is 0 Å². The predicted octanol–water partition coefficient (Wildman–Crippen LogP) is 4.69. The van der Waals surface area contributed by atoms with Gasteiger partial charge in [-0.25, -0.2) is 0 Å². The fourth-order valence-electron chi connectivity index (χ4n) is 4.04. The maximum absolute atomic E-state index is 13.4. The molecule has 0 bridgehead atoms. The normalized spacial score (nSPS) is 15.7. The van der Waals surface area contributed by atoms with Crippen LogP contribution in [0.5, 0.6) is 5.75 Å². The molecule has 0 unspecified atom stereocenters. The lowest BCUT2D eigenvalue weighted by atomic mass is 9.78. The number of hydrogen-bond acceptors (Lipinski definition) is 3. The summed E-state index contributed by atoms with van der Waals surface area (Å²) < 4.78 is 5.40. The minimum atomic E-state index is -0.449. The molecule has 3 aromatic rings. The highest BCUT2D eigenvalue weighted by Gasteiger charge is 2.42. The number of carbonyl (C=O) groups excluding carboxylic acids is 1. The number of amides is 1. The maximum Gasteiger partial charge on any atom is 0.235 e. The first-order valence-corrected chi connectivity index (χ1v) is 9.03. The number of nitrogens with one attached hydrogen (secondary N) is 1. The maximum atomic E-state index is 13.4. The molecule has 4 rings (SSSR count). The molecule has 1 saturated carbocycles. The summed E-state index contributed by atoms with van der Waals surface area (Å²) in [6.07, 6.45) is 5.66. The van der Waals surface area contributed by atoms with Crippen LogP contribution in [0.25, 0.3) is 10.9 Å². The van der Waals surface area contributed by atoms with Crippen molar-refractivity contribution >= 4 is 22.5 Å². The van der Waals surface area contributed by atoms with Crippen molar-refractivity contribution in [1.29, 1.82) is 0 Å². The summed E-state index contributed by atoms with van der Waals surface area (Å²) in [5, 5.41) is 4.07. The smallest absolute Gasteiger partial charge is 0.235 e. The minimum absolute atomic E-state index is 0.0662. The summed E-state index contributed by atoms with van der Waals surface area (Å²) in [7, 11) is 1.63. The molecule has 26 heavy (non-hydrogen) atoms. The molecule has 2 aromatic carbocycles. The van der Waals surface area contributed by atoms with E-state index >= 15 is 0 Å². The van der Waals surface area contributed by atoms with Crippen LogP contribution in [0.3, 0.4) is 0 Å². The van der Waals surface area contributed by atoms with E-state index in [4.69, 9.17) is 4.74 Å². The molecule has 0 aliphatic heterocycles. The highest BCUT2D eigenvalue weighted by Crippen LogP contribution is 2.42.